The lowest BCUT2D eigenvalue weighted by molar-refractivity contribution is 0.340. The topological polar surface area (TPSA) is 21.3 Å². The van der Waals surface area contributed by atoms with Crippen LogP contribution in [0.1, 0.15) is 19.4 Å². The van der Waals surface area contributed by atoms with E-state index in [0.29, 0.717) is 0 Å². The van der Waals surface area contributed by atoms with Gasteiger partial charge in [-0.25, -0.2) is 0 Å². The molecule has 0 aliphatic rings. The molecule has 72 valence electrons. The Morgan fingerprint density at radius 3 is 2.62 bits per heavy atom. The molecular formula is C11H17NO. The minimum Gasteiger partial charge on any atom is -0.494 e. The second-order valence-electron chi connectivity index (χ2n) is 2.86. The fourth-order valence-electron chi connectivity index (χ4n) is 1.36. The van der Waals surface area contributed by atoms with E-state index < -0.39 is 0 Å². The van der Waals surface area contributed by atoms with Crippen molar-refractivity contribution in [2.75, 3.05) is 19.0 Å². The monoisotopic (exact) mass is 179 g/mol. The van der Waals surface area contributed by atoms with Crippen LogP contribution in [-0.2, 0) is 6.42 Å². The lowest BCUT2D eigenvalue weighted by Crippen LogP contribution is -1.97. The first-order valence-electron chi connectivity index (χ1n) is 4.75. The van der Waals surface area contributed by atoms with Crippen molar-refractivity contribution in [2.24, 2.45) is 0 Å². The zero-order valence-electron chi connectivity index (χ0n) is 8.55. The third-order valence-corrected chi connectivity index (χ3v) is 2.04. The van der Waals surface area contributed by atoms with Crippen molar-refractivity contribution in [2.45, 2.75) is 20.3 Å². The minimum absolute atomic E-state index is 0.724. The predicted octanol–water partition coefficient (Wildman–Crippen LogP) is 2.69. The molecule has 2 heteroatoms. The van der Waals surface area contributed by atoms with Gasteiger partial charge in [0.05, 0.1) is 6.61 Å². The summed E-state index contributed by atoms with van der Waals surface area (Å²) in [6, 6.07) is 6.15. The SMILES string of the molecule is CCOc1ccc(NC)c(CC)c1. The van der Waals surface area contributed by atoms with Crippen LogP contribution in [0.3, 0.4) is 0 Å². The van der Waals surface area contributed by atoms with Crippen molar-refractivity contribution in [3.8, 4) is 5.75 Å². The zero-order valence-corrected chi connectivity index (χ0v) is 8.55. The van der Waals surface area contributed by atoms with Crippen LogP contribution in [-0.4, -0.2) is 13.7 Å². The van der Waals surface area contributed by atoms with Crippen LogP contribution in [0.2, 0.25) is 0 Å². The van der Waals surface area contributed by atoms with Crippen LogP contribution in [0.15, 0.2) is 18.2 Å². The molecule has 13 heavy (non-hydrogen) atoms. The number of rotatable bonds is 4. The Hall–Kier alpha value is -1.18. The maximum absolute atomic E-state index is 5.42. The molecule has 0 unspecified atom stereocenters. The van der Waals surface area contributed by atoms with Gasteiger partial charge in [-0.15, -0.1) is 0 Å². The number of anilines is 1. The van der Waals surface area contributed by atoms with Crippen molar-refractivity contribution in [1.82, 2.24) is 0 Å². The Morgan fingerprint density at radius 1 is 1.31 bits per heavy atom. The summed E-state index contributed by atoms with van der Waals surface area (Å²) >= 11 is 0. The number of ether oxygens (including phenoxy) is 1. The van der Waals surface area contributed by atoms with Crippen LogP contribution in [0, 0.1) is 0 Å². The molecule has 1 N–H and O–H groups in total. The van der Waals surface area contributed by atoms with Gasteiger partial charge < -0.3 is 10.1 Å². The second-order valence-corrected chi connectivity index (χ2v) is 2.86. The average Bonchev–Trinajstić information content (AvgIpc) is 2.18. The van der Waals surface area contributed by atoms with Gasteiger partial charge in [-0.3, -0.25) is 0 Å². The number of aryl methyl sites for hydroxylation is 1. The maximum atomic E-state index is 5.42. The highest BCUT2D eigenvalue weighted by molar-refractivity contribution is 5.53. The lowest BCUT2D eigenvalue weighted by Gasteiger charge is -2.09. The molecule has 0 aromatic heterocycles. The maximum Gasteiger partial charge on any atom is 0.119 e. The Kier molecular flexibility index (Phi) is 3.62. The Labute approximate surface area is 79.9 Å². The van der Waals surface area contributed by atoms with Gasteiger partial charge in [0, 0.05) is 12.7 Å². The Morgan fingerprint density at radius 2 is 2.08 bits per heavy atom. The van der Waals surface area contributed by atoms with Gasteiger partial charge in [-0.05, 0) is 37.1 Å². The minimum atomic E-state index is 0.724. The summed E-state index contributed by atoms with van der Waals surface area (Å²) in [5, 5.41) is 3.16. The van der Waals surface area contributed by atoms with Crippen LogP contribution >= 0.6 is 0 Å². The number of nitrogens with one attached hydrogen (secondary N) is 1. The molecule has 0 spiro atoms. The van der Waals surface area contributed by atoms with E-state index in [4.69, 9.17) is 4.74 Å². The van der Waals surface area contributed by atoms with Crippen LogP contribution < -0.4 is 10.1 Å². The number of benzene rings is 1. The quantitative estimate of drug-likeness (QED) is 0.767. The van der Waals surface area contributed by atoms with E-state index >= 15 is 0 Å². The molecule has 0 radical (unpaired) electrons. The summed E-state index contributed by atoms with van der Waals surface area (Å²) in [6.45, 7) is 4.87. The highest BCUT2D eigenvalue weighted by Gasteiger charge is 2.00. The first-order chi connectivity index (χ1) is 6.31. The molecule has 1 aromatic rings. The summed E-state index contributed by atoms with van der Waals surface area (Å²) in [5.41, 5.74) is 2.49. The predicted molar refractivity (Wildman–Crippen MR) is 56.5 cm³/mol. The molecular weight excluding hydrogens is 162 g/mol. The normalized spacial score (nSPS) is 9.77. The van der Waals surface area contributed by atoms with E-state index in [1.54, 1.807) is 0 Å². The standard InChI is InChI=1S/C11H17NO/c1-4-9-8-10(13-5-2)6-7-11(9)12-3/h6-8,12H,4-5H2,1-3H3. The van der Waals surface area contributed by atoms with Crippen LogP contribution in [0.5, 0.6) is 5.75 Å². The van der Waals surface area contributed by atoms with E-state index in [2.05, 4.69) is 24.4 Å². The highest BCUT2D eigenvalue weighted by Crippen LogP contribution is 2.22. The van der Waals surface area contributed by atoms with Crippen molar-refractivity contribution >= 4 is 5.69 Å². The summed E-state index contributed by atoms with van der Waals surface area (Å²) in [7, 11) is 1.94. The average molecular weight is 179 g/mol. The third kappa shape index (κ3) is 2.38. The van der Waals surface area contributed by atoms with Gasteiger partial charge in [0.15, 0.2) is 0 Å². The molecule has 0 aliphatic heterocycles. The zero-order chi connectivity index (χ0) is 9.68. The van der Waals surface area contributed by atoms with E-state index in [1.807, 2.05) is 20.0 Å². The van der Waals surface area contributed by atoms with E-state index in [-0.39, 0.29) is 0 Å². The van der Waals surface area contributed by atoms with E-state index in [0.717, 1.165) is 18.8 Å². The van der Waals surface area contributed by atoms with Crippen LogP contribution in [0.25, 0.3) is 0 Å². The summed E-state index contributed by atoms with van der Waals surface area (Å²) < 4.78 is 5.42. The molecule has 1 aromatic carbocycles. The first-order valence-corrected chi connectivity index (χ1v) is 4.75. The number of hydrogen-bond donors (Lipinski definition) is 1. The summed E-state index contributed by atoms with van der Waals surface area (Å²) in [4.78, 5) is 0. The molecule has 0 heterocycles. The van der Waals surface area contributed by atoms with Crippen molar-refractivity contribution in [3.63, 3.8) is 0 Å². The molecule has 0 bridgehead atoms. The molecule has 0 aliphatic carbocycles. The number of hydrogen-bond acceptors (Lipinski definition) is 2. The molecule has 0 amide bonds. The summed E-state index contributed by atoms with van der Waals surface area (Å²) in [5.74, 6) is 0.957. The van der Waals surface area contributed by atoms with Crippen molar-refractivity contribution < 1.29 is 4.74 Å². The first kappa shape index (κ1) is 9.90. The molecule has 0 atom stereocenters. The fourth-order valence-corrected chi connectivity index (χ4v) is 1.36. The van der Waals surface area contributed by atoms with Crippen molar-refractivity contribution in [1.29, 1.82) is 0 Å². The van der Waals surface area contributed by atoms with Gasteiger partial charge in [0.2, 0.25) is 0 Å². The third-order valence-electron chi connectivity index (χ3n) is 2.04. The van der Waals surface area contributed by atoms with Gasteiger partial charge in [0.1, 0.15) is 5.75 Å². The molecule has 1 rings (SSSR count). The molecule has 0 saturated heterocycles. The van der Waals surface area contributed by atoms with Gasteiger partial charge >= 0.3 is 0 Å². The van der Waals surface area contributed by atoms with Crippen molar-refractivity contribution in [3.05, 3.63) is 23.8 Å². The van der Waals surface area contributed by atoms with Gasteiger partial charge in [-0.1, -0.05) is 6.92 Å². The van der Waals surface area contributed by atoms with Gasteiger partial charge in [0.25, 0.3) is 0 Å². The Balaban J connectivity index is 2.91. The summed E-state index contributed by atoms with van der Waals surface area (Å²) in [6.07, 6.45) is 1.02. The largest absolute Gasteiger partial charge is 0.494 e. The fraction of sp³-hybridized carbons (Fsp3) is 0.455. The lowest BCUT2D eigenvalue weighted by atomic mass is 10.1. The van der Waals surface area contributed by atoms with Crippen LogP contribution in [0.4, 0.5) is 5.69 Å². The van der Waals surface area contributed by atoms with Gasteiger partial charge in [-0.2, -0.15) is 0 Å². The molecule has 0 fully saturated rings. The Bertz CT molecular complexity index is 271. The molecule has 2 nitrogen and oxygen atoms in total. The highest BCUT2D eigenvalue weighted by atomic mass is 16.5. The smallest absolute Gasteiger partial charge is 0.119 e. The van der Waals surface area contributed by atoms with E-state index in [9.17, 15) is 0 Å². The molecule has 0 saturated carbocycles. The second kappa shape index (κ2) is 4.75. The van der Waals surface area contributed by atoms with E-state index in [1.165, 1.54) is 11.3 Å².